The molecule has 26 heavy (non-hydrogen) atoms. The van der Waals surface area contributed by atoms with E-state index in [0.717, 1.165) is 22.9 Å². The minimum atomic E-state index is -3.51. The molecule has 3 nitrogen and oxygen atoms in total. The van der Waals surface area contributed by atoms with Crippen LogP contribution >= 0.6 is 27.5 Å². The van der Waals surface area contributed by atoms with Crippen LogP contribution in [0.25, 0.3) is 11.1 Å². The summed E-state index contributed by atoms with van der Waals surface area (Å²) in [6.45, 7) is 0. The van der Waals surface area contributed by atoms with Crippen molar-refractivity contribution in [3.8, 4) is 0 Å². The Kier molecular flexibility index (Phi) is 4.55. The van der Waals surface area contributed by atoms with Crippen LogP contribution in [0.2, 0.25) is 5.02 Å². The third-order valence-corrected chi connectivity index (χ3v) is 7.31. The number of nitrogens with two attached hydrogens (primary N) is 1. The minimum Gasteiger partial charge on any atom is -0.228 e. The molecular formula is C20H19BrClNO2S. The topological polar surface area (TPSA) is 60.2 Å². The first-order chi connectivity index (χ1) is 12.2. The summed E-state index contributed by atoms with van der Waals surface area (Å²) in [5.74, 6) is -0.132. The number of rotatable bonds is 4. The van der Waals surface area contributed by atoms with Crippen molar-refractivity contribution in [2.45, 2.75) is 31.4 Å². The molecule has 136 valence electrons. The lowest BCUT2D eigenvalue weighted by Crippen LogP contribution is -2.14. The van der Waals surface area contributed by atoms with Crippen molar-refractivity contribution >= 4 is 48.7 Å². The summed E-state index contributed by atoms with van der Waals surface area (Å²) in [7, 11) is -3.51. The largest absolute Gasteiger partial charge is 0.228 e. The standard InChI is InChI=1S/C20H19BrClNO2S/c21-18-9-15(5-6-19(18)22)17-11-20(7-8-20)10-16(17)14-3-1-13(2-4-14)12-26(23,24)25/h1-6,9H,7-8,10-12H2,(H2,23,24,25). The molecule has 4 rings (SSSR count). The first-order valence-electron chi connectivity index (χ1n) is 8.52. The fourth-order valence-electron chi connectivity index (χ4n) is 3.83. The van der Waals surface area contributed by atoms with E-state index in [0.29, 0.717) is 16.0 Å². The normalized spacial score (nSPS) is 18.6. The second kappa shape index (κ2) is 6.48. The van der Waals surface area contributed by atoms with Gasteiger partial charge in [0.2, 0.25) is 10.0 Å². The molecule has 2 aliphatic carbocycles. The Hall–Kier alpha value is -1.14. The zero-order valence-electron chi connectivity index (χ0n) is 14.1. The molecule has 0 radical (unpaired) electrons. The van der Waals surface area contributed by atoms with E-state index in [4.69, 9.17) is 16.7 Å². The van der Waals surface area contributed by atoms with Crippen molar-refractivity contribution in [2.75, 3.05) is 0 Å². The molecule has 0 bridgehead atoms. The lowest BCUT2D eigenvalue weighted by atomic mass is 9.96. The van der Waals surface area contributed by atoms with E-state index in [-0.39, 0.29) is 5.75 Å². The fraction of sp³-hybridized carbons (Fsp3) is 0.300. The molecular weight excluding hydrogens is 434 g/mol. The summed E-state index contributed by atoms with van der Waals surface area (Å²) in [6.07, 6.45) is 4.73. The lowest BCUT2D eigenvalue weighted by Gasteiger charge is -2.10. The number of hydrogen-bond donors (Lipinski definition) is 1. The van der Waals surface area contributed by atoms with Gasteiger partial charge in [-0.15, -0.1) is 0 Å². The van der Waals surface area contributed by atoms with Crippen molar-refractivity contribution in [1.82, 2.24) is 0 Å². The van der Waals surface area contributed by atoms with Gasteiger partial charge >= 0.3 is 0 Å². The predicted molar refractivity (Wildman–Crippen MR) is 110 cm³/mol. The Morgan fingerprint density at radius 3 is 2.12 bits per heavy atom. The Morgan fingerprint density at radius 1 is 1.00 bits per heavy atom. The summed E-state index contributed by atoms with van der Waals surface area (Å²) in [5, 5.41) is 5.85. The molecule has 0 amide bonds. The quantitative estimate of drug-likeness (QED) is 0.677. The van der Waals surface area contributed by atoms with Crippen molar-refractivity contribution in [3.63, 3.8) is 0 Å². The molecule has 2 aromatic rings. The van der Waals surface area contributed by atoms with Crippen molar-refractivity contribution < 1.29 is 8.42 Å². The molecule has 0 heterocycles. The highest BCUT2D eigenvalue weighted by Gasteiger charge is 2.48. The predicted octanol–water partition coefficient (Wildman–Crippen LogP) is 5.38. The zero-order chi connectivity index (χ0) is 18.5. The number of primary sulfonamides is 1. The Balaban J connectivity index is 1.72. The van der Waals surface area contributed by atoms with E-state index >= 15 is 0 Å². The molecule has 0 aromatic heterocycles. The Morgan fingerprint density at radius 2 is 1.58 bits per heavy atom. The third-order valence-electron chi connectivity index (χ3n) is 5.36. The van der Waals surface area contributed by atoms with Crippen molar-refractivity contribution in [3.05, 3.63) is 68.7 Å². The number of halogens is 2. The Bertz CT molecular complexity index is 1010. The lowest BCUT2D eigenvalue weighted by molar-refractivity contribution is 0.568. The maximum absolute atomic E-state index is 11.3. The number of allylic oxidation sites excluding steroid dienone is 2. The second-order valence-electron chi connectivity index (χ2n) is 7.44. The number of sulfonamides is 1. The number of hydrogen-bond acceptors (Lipinski definition) is 2. The summed E-state index contributed by atoms with van der Waals surface area (Å²) in [5.41, 5.74) is 6.24. The van der Waals surface area contributed by atoms with E-state index < -0.39 is 10.0 Å². The average Bonchev–Trinajstić information content (AvgIpc) is 3.21. The van der Waals surface area contributed by atoms with Gasteiger partial charge in [-0.05, 0) is 87.0 Å². The summed E-state index contributed by atoms with van der Waals surface area (Å²) < 4.78 is 23.5. The molecule has 2 aliphatic rings. The van der Waals surface area contributed by atoms with E-state index in [1.54, 1.807) is 0 Å². The molecule has 0 saturated heterocycles. The number of benzene rings is 2. The zero-order valence-corrected chi connectivity index (χ0v) is 17.3. The second-order valence-corrected chi connectivity index (χ2v) is 10.3. The van der Waals surface area contributed by atoms with Crippen LogP contribution in [0.3, 0.4) is 0 Å². The van der Waals surface area contributed by atoms with E-state index in [1.807, 2.05) is 30.3 Å². The SMILES string of the molecule is NS(=O)(=O)Cc1ccc(C2=C(c3ccc(Cl)c(Br)c3)CC3(CC3)C2)cc1. The molecule has 6 heteroatoms. The smallest absolute Gasteiger partial charge is 0.213 e. The van der Waals surface area contributed by atoms with Crippen LogP contribution in [-0.4, -0.2) is 8.42 Å². The van der Waals surface area contributed by atoms with Gasteiger partial charge in [0.15, 0.2) is 0 Å². The molecule has 1 fully saturated rings. The van der Waals surface area contributed by atoms with Crippen LogP contribution in [-0.2, 0) is 15.8 Å². The maximum Gasteiger partial charge on any atom is 0.213 e. The maximum atomic E-state index is 11.3. The molecule has 1 spiro atoms. The molecule has 0 aliphatic heterocycles. The highest BCUT2D eigenvalue weighted by Crippen LogP contribution is 2.63. The van der Waals surface area contributed by atoms with Crippen molar-refractivity contribution in [2.24, 2.45) is 10.6 Å². The molecule has 0 atom stereocenters. The van der Waals surface area contributed by atoms with Crippen LogP contribution in [0.1, 0.15) is 42.4 Å². The monoisotopic (exact) mass is 451 g/mol. The molecule has 2 N–H and O–H groups in total. The van der Waals surface area contributed by atoms with Crippen LogP contribution in [0.4, 0.5) is 0 Å². The fourth-order valence-corrected chi connectivity index (χ4v) is 4.98. The summed E-state index contributed by atoms with van der Waals surface area (Å²) in [4.78, 5) is 0. The van der Waals surface area contributed by atoms with Crippen LogP contribution < -0.4 is 5.14 Å². The highest BCUT2D eigenvalue weighted by atomic mass is 79.9. The van der Waals surface area contributed by atoms with Gasteiger partial charge in [0.1, 0.15) is 0 Å². The summed E-state index contributed by atoms with van der Waals surface area (Å²) >= 11 is 9.68. The van der Waals surface area contributed by atoms with Crippen LogP contribution in [0.15, 0.2) is 46.9 Å². The van der Waals surface area contributed by atoms with E-state index in [1.165, 1.54) is 29.6 Å². The van der Waals surface area contributed by atoms with Gasteiger partial charge in [0.25, 0.3) is 0 Å². The molecule has 1 saturated carbocycles. The summed E-state index contributed by atoms with van der Waals surface area (Å²) in [6, 6.07) is 13.9. The van der Waals surface area contributed by atoms with Gasteiger partial charge in [-0.1, -0.05) is 41.9 Å². The molecule has 0 unspecified atom stereocenters. The van der Waals surface area contributed by atoms with Gasteiger partial charge < -0.3 is 0 Å². The average molecular weight is 453 g/mol. The van der Waals surface area contributed by atoms with Gasteiger partial charge in [-0.25, -0.2) is 13.6 Å². The van der Waals surface area contributed by atoms with Crippen molar-refractivity contribution in [1.29, 1.82) is 0 Å². The van der Waals surface area contributed by atoms with E-state index in [2.05, 4.69) is 28.1 Å². The minimum absolute atomic E-state index is 0.132. The van der Waals surface area contributed by atoms with Crippen LogP contribution in [0.5, 0.6) is 0 Å². The van der Waals surface area contributed by atoms with Gasteiger partial charge in [0.05, 0.1) is 10.8 Å². The molecule has 2 aromatic carbocycles. The van der Waals surface area contributed by atoms with Gasteiger partial charge in [0, 0.05) is 4.47 Å². The first kappa shape index (κ1) is 18.2. The Labute approximate surface area is 167 Å². The van der Waals surface area contributed by atoms with Crippen LogP contribution in [0, 0.1) is 5.41 Å². The first-order valence-corrected chi connectivity index (χ1v) is 11.4. The van der Waals surface area contributed by atoms with Gasteiger partial charge in [-0.3, -0.25) is 0 Å². The highest BCUT2D eigenvalue weighted by molar-refractivity contribution is 9.10. The van der Waals surface area contributed by atoms with Gasteiger partial charge in [-0.2, -0.15) is 0 Å². The third kappa shape index (κ3) is 3.77. The van der Waals surface area contributed by atoms with E-state index in [9.17, 15) is 8.42 Å².